The Bertz CT molecular complexity index is 1130. The number of benzene rings is 2. The average molecular weight is 471 g/mol. The average Bonchev–Trinajstić information content (AvgIpc) is 3.09. The molecule has 0 radical (unpaired) electrons. The highest BCUT2D eigenvalue weighted by atomic mass is 32.2. The first-order chi connectivity index (χ1) is 15.7. The van der Waals surface area contributed by atoms with Crippen LogP contribution in [0.25, 0.3) is 6.08 Å². The first-order valence-corrected chi connectivity index (χ1v) is 10.5. The van der Waals surface area contributed by atoms with E-state index in [1.165, 1.54) is 39.4 Å². The number of amides is 2. The molecule has 10 heteroatoms. The van der Waals surface area contributed by atoms with Gasteiger partial charge in [0.15, 0.2) is 11.5 Å². The second kappa shape index (κ2) is 10.2. The summed E-state index contributed by atoms with van der Waals surface area (Å²) < 4.78 is 15.8. The Kier molecular flexibility index (Phi) is 7.39. The van der Waals surface area contributed by atoms with Gasteiger partial charge < -0.3 is 19.3 Å². The number of carboxylic acids is 1. The summed E-state index contributed by atoms with van der Waals surface area (Å²) in [7, 11) is 2.66. The summed E-state index contributed by atoms with van der Waals surface area (Å²) in [5.74, 6) is -1.40. The number of thioether (sulfide) groups is 1. The molecule has 0 aromatic heterocycles. The minimum absolute atomic E-state index is 0.171. The highest BCUT2D eigenvalue weighted by Crippen LogP contribution is 2.35. The molecule has 172 valence electrons. The van der Waals surface area contributed by atoms with Crippen LogP contribution in [0.5, 0.6) is 11.5 Å². The van der Waals surface area contributed by atoms with Crippen LogP contribution in [0.1, 0.15) is 28.4 Å². The number of ether oxygens (including phenoxy) is 3. The van der Waals surface area contributed by atoms with Crippen LogP contribution in [0.15, 0.2) is 47.4 Å². The molecule has 2 aromatic rings. The first kappa shape index (κ1) is 23.9. The van der Waals surface area contributed by atoms with Gasteiger partial charge in [-0.25, -0.2) is 9.59 Å². The number of carbonyl (C=O) groups excluding carboxylic acids is 3. The fourth-order valence-corrected chi connectivity index (χ4v) is 3.95. The van der Waals surface area contributed by atoms with Crippen LogP contribution in [0, 0.1) is 0 Å². The van der Waals surface area contributed by atoms with E-state index in [-0.39, 0.29) is 17.1 Å². The number of hydrogen-bond donors (Lipinski definition) is 1. The van der Waals surface area contributed by atoms with E-state index >= 15 is 0 Å². The molecular weight excluding hydrogens is 450 g/mol. The van der Waals surface area contributed by atoms with Gasteiger partial charge in [-0.2, -0.15) is 0 Å². The molecule has 1 aliphatic heterocycles. The van der Waals surface area contributed by atoms with E-state index in [0.717, 1.165) is 22.2 Å². The van der Waals surface area contributed by atoms with Crippen molar-refractivity contribution >= 4 is 40.9 Å². The molecular formula is C23H21NO8S. The van der Waals surface area contributed by atoms with E-state index in [1.807, 2.05) is 0 Å². The van der Waals surface area contributed by atoms with Crippen LogP contribution < -0.4 is 9.47 Å². The normalized spacial score (nSPS) is 15.5. The van der Waals surface area contributed by atoms with Crippen molar-refractivity contribution in [3.63, 3.8) is 0 Å². The van der Waals surface area contributed by atoms with E-state index in [0.29, 0.717) is 17.1 Å². The van der Waals surface area contributed by atoms with Gasteiger partial charge >= 0.3 is 11.9 Å². The fraction of sp³-hybridized carbons (Fsp3) is 0.217. The molecule has 1 aliphatic rings. The van der Waals surface area contributed by atoms with E-state index in [9.17, 15) is 19.2 Å². The standard InChI is InChI=1S/C23H21NO8S/c1-13(22(28)31-3)24-20(25)19(33-23(24)29)11-15-6-9-17(18(10-15)30-2)32-12-14-4-7-16(8-5-14)21(26)27/h4-11,13H,12H2,1-3H3,(H,26,27)/b19-11+/t13-/m0/s1. The maximum Gasteiger partial charge on any atom is 0.335 e. The minimum Gasteiger partial charge on any atom is -0.493 e. The summed E-state index contributed by atoms with van der Waals surface area (Å²) in [6.07, 6.45) is 1.53. The number of rotatable bonds is 8. The molecule has 2 amide bonds. The van der Waals surface area contributed by atoms with Gasteiger partial charge in [0.1, 0.15) is 12.6 Å². The fourth-order valence-electron chi connectivity index (χ4n) is 3.04. The molecule has 2 aromatic carbocycles. The van der Waals surface area contributed by atoms with Crippen molar-refractivity contribution in [2.75, 3.05) is 14.2 Å². The molecule has 33 heavy (non-hydrogen) atoms. The third-order valence-electron chi connectivity index (χ3n) is 4.83. The van der Waals surface area contributed by atoms with Crippen LogP contribution in [-0.4, -0.2) is 53.4 Å². The number of aromatic carboxylic acids is 1. The second-order valence-electron chi connectivity index (χ2n) is 6.95. The summed E-state index contributed by atoms with van der Waals surface area (Å²) >= 11 is 0.738. The second-order valence-corrected chi connectivity index (χ2v) is 7.95. The molecule has 0 saturated carbocycles. The molecule has 3 rings (SSSR count). The summed E-state index contributed by atoms with van der Waals surface area (Å²) in [5, 5.41) is 8.42. The largest absolute Gasteiger partial charge is 0.493 e. The van der Waals surface area contributed by atoms with Gasteiger partial charge in [0.05, 0.1) is 24.7 Å². The number of methoxy groups -OCH3 is 2. The van der Waals surface area contributed by atoms with Crippen molar-refractivity contribution in [1.29, 1.82) is 0 Å². The van der Waals surface area contributed by atoms with Crippen molar-refractivity contribution in [3.8, 4) is 11.5 Å². The van der Waals surface area contributed by atoms with E-state index in [1.54, 1.807) is 30.3 Å². The first-order valence-electron chi connectivity index (χ1n) is 9.73. The Morgan fingerprint density at radius 3 is 2.39 bits per heavy atom. The molecule has 1 fully saturated rings. The zero-order chi connectivity index (χ0) is 24.1. The summed E-state index contributed by atoms with van der Waals surface area (Å²) in [6, 6.07) is 10.3. The molecule has 0 bridgehead atoms. The van der Waals surface area contributed by atoms with Gasteiger partial charge in [0.2, 0.25) is 0 Å². The zero-order valence-electron chi connectivity index (χ0n) is 18.1. The summed E-state index contributed by atoms with van der Waals surface area (Å²) in [6.45, 7) is 1.62. The summed E-state index contributed by atoms with van der Waals surface area (Å²) in [4.78, 5) is 48.6. The number of carboxylic acid groups (broad SMARTS) is 1. The molecule has 0 aliphatic carbocycles. The van der Waals surface area contributed by atoms with Crippen LogP contribution >= 0.6 is 11.8 Å². The number of nitrogens with zero attached hydrogens (tertiary/aromatic N) is 1. The summed E-state index contributed by atoms with van der Waals surface area (Å²) in [5.41, 5.74) is 1.56. The van der Waals surface area contributed by atoms with Crippen molar-refractivity contribution in [2.24, 2.45) is 0 Å². The zero-order valence-corrected chi connectivity index (χ0v) is 18.9. The lowest BCUT2D eigenvalue weighted by Gasteiger charge is -2.18. The Morgan fingerprint density at radius 2 is 1.79 bits per heavy atom. The van der Waals surface area contributed by atoms with Gasteiger partial charge in [-0.15, -0.1) is 0 Å². The third kappa shape index (κ3) is 5.35. The van der Waals surface area contributed by atoms with E-state index in [2.05, 4.69) is 4.74 Å². The minimum atomic E-state index is -1.02. The molecule has 1 saturated heterocycles. The third-order valence-corrected chi connectivity index (χ3v) is 5.72. The molecule has 9 nitrogen and oxygen atoms in total. The van der Waals surface area contributed by atoms with Crippen LogP contribution in [0.2, 0.25) is 0 Å². The predicted molar refractivity (Wildman–Crippen MR) is 120 cm³/mol. The quantitative estimate of drug-likeness (QED) is 0.455. The lowest BCUT2D eigenvalue weighted by atomic mass is 10.1. The highest BCUT2D eigenvalue weighted by molar-refractivity contribution is 8.18. The Labute approximate surface area is 193 Å². The lowest BCUT2D eigenvalue weighted by Crippen LogP contribution is -2.42. The number of carbonyl (C=O) groups is 4. The van der Waals surface area contributed by atoms with E-state index < -0.39 is 29.1 Å². The lowest BCUT2D eigenvalue weighted by molar-refractivity contribution is -0.148. The van der Waals surface area contributed by atoms with Crippen LogP contribution in [-0.2, 0) is 20.9 Å². The van der Waals surface area contributed by atoms with Crippen molar-refractivity contribution in [3.05, 3.63) is 64.1 Å². The van der Waals surface area contributed by atoms with Crippen molar-refractivity contribution < 1.29 is 38.5 Å². The molecule has 1 heterocycles. The Balaban J connectivity index is 1.74. The van der Waals surface area contributed by atoms with Crippen LogP contribution in [0.4, 0.5) is 4.79 Å². The maximum absolute atomic E-state index is 12.6. The molecule has 0 spiro atoms. The highest BCUT2D eigenvalue weighted by Gasteiger charge is 2.41. The van der Waals surface area contributed by atoms with E-state index in [4.69, 9.17) is 14.6 Å². The number of hydrogen-bond acceptors (Lipinski definition) is 8. The topological polar surface area (TPSA) is 119 Å². The van der Waals surface area contributed by atoms with Crippen molar-refractivity contribution in [1.82, 2.24) is 4.90 Å². The Morgan fingerprint density at radius 1 is 1.09 bits per heavy atom. The van der Waals surface area contributed by atoms with Gasteiger partial charge in [0, 0.05) is 0 Å². The van der Waals surface area contributed by atoms with Gasteiger partial charge in [-0.1, -0.05) is 18.2 Å². The molecule has 1 atom stereocenters. The van der Waals surface area contributed by atoms with Gasteiger partial charge in [-0.05, 0) is 60.2 Å². The SMILES string of the molecule is COC(=O)[C@H](C)N1C(=O)S/C(=C/c2ccc(OCc3ccc(C(=O)O)cc3)c(OC)c2)C1=O. The Hall–Kier alpha value is -3.79. The van der Waals surface area contributed by atoms with Gasteiger partial charge in [0.25, 0.3) is 11.1 Å². The smallest absolute Gasteiger partial charge is 0.335 e. The van der Waals surface area contributed by atoms with Gasteiger partial charge in [-0.3, -0.25) is 14.5 Å². The monoisotopic (exact) mass is 471 g/mol. The predicted octanol–water partition coefficient (Wildman–Crippen LogP) is 3.57. The maximum atomic E-state index is 12.6. The number of imide groups is 1. The molecule has 0 unspecified atom stereocenters. The number of esters is 1. The van der Waals surface area contributed by atoms with Crippen molar-refractivity contribution in [2.45, 2.75) is 19.6 Å². The molecule has 1 N–H and O–H groups in total. The van der Waals surface area contributed by atoms with Crippen LogP contribution in [0.3, 0.4) is 0 Å².